The van der Waals surface area contributed by atoms with Crippen molar-refractivity contribution in [1.82, 2.24) is 41.7 Å². The molecule has 12 amide bonds. The molecule has 2 rings (SSSR count). The Labute approximate surface area is 369 Å². The number of ether oxygens (including phenoxy) is 3. The number of hydrogen-bond acceptors (Lipinski definition) is 16. The molecule has 2 aliphatic rings. The van der Waals surface area contributed by atoms with Crippen molar-refractivity contribution in [1.29, 1.82) is 0 Å². The molecule has 2 fully saturated rings. The van der Waals surface area contributed by atoms with E-state index in [0.717, 1.165) is 23.5 Å². The summed E-state index contributed by atoms with van der Waals surface area (Å²) in [6.07, 6.45) is -0.144. The summed E-state index contributed by atoms with van der Waals surface area (Å²) in [5.41, 5.74) is 0. The molecule has 2 heterocycles. The highest BCUT2D eigenvalue weighted by Crippen LogP contribution is 2.24. The lowest BCUT2D eigenvalue weighted by Gasteiger charge is -2.19. The minimum absolute atomic E-state index is 0.0577. The van der Waals surface area contributed by atoms with Crippen LogP contribution in [-0.2, 0) is 47.8 Å². The molecule has 62 heavy (non-hydrogen) atoms. The molecule has 0 spiro atoms. The van der Waals surface area contributed by atoms with Crippen LogP contribution < -0.4 is 31.9 Å². The van der Waals surface area contributed by atoms with Crippen LogP contribution in [0.3, 0.4) is 0 Å². The summed E-state index contributed by atoms with van der Waals surface area (Å²) >= 11 is 2.29. The monoisotopic (exact) mass is 916 g/mol. The van der Waals surface area contributed by atoms with Crippen molar-refractivity contribution in [2.75, 3.05) is 71.6 Å². The molecule has 0 aromatic rings. The molecule has 0 aliphatic carbocycles. The number of alkyl carbamates (subject to hydrolysis) is 2. The summed E-state index contributed by atoms with van der Waals surface area (Å²) in [5.74, 6) is -5.46. The lowest BCUT2D eigenvalue weighted by molar-refractivity contribution is -0.136. The number of imide groups is 6. The average molecular weight is 917 g/mol. The van der Waals surface area contributed by atoms with Crippen LogP contribution in [0.5, 0.6) is 0 Å². The molecular weight excluding hydrogens is 857 g/mol. The number of hydrogen-bond donors (Lipinski definition) is 6. The van der Waals surface area contributed by atoms with Crippen LogP contribution >= 0.6 is 23.5 Å². The minimum atomic E-state index is -1.13. The molecule has 0 bridgehead atoms. The van der Waals surface area contributed by atoms with E-state index in [9.17, 15) is 52.7 Å². The average Bonchev–Trinajstić information content (AvgIpc) is 3.72. The van der Waals surface area contributed by atoms with E-state index < -0.39 is 101 Å². The van der Waals surface area contributed by atoms with Gasteiger partial charge >= 0.3 is 24.2 Å². The zero-order valence-electron chi connectivity index (χ0n) is 35.7. The van der Waals surface area contributed by atoms with E-state index in [0.29, 0.717) is 22.9 Å². The van der Waals surface area contributed by atoms with Gasteiger partial charge in [0.25, 0.3) is 11.8 Å². The lowest BCUT2D eigenvalue weighted by Crippen LogP contribution is -2.46. The van der Waals surface area contributed by atoms with E-state index in [-0.39, 0.29) is 71.7 Å². The number of nitrogens with zero attached hydrogens (tertiary/aromatic N) is 2. The van der Waals surface area contributed by atoms with Gasteiger partial charge in [0.2, 0.25) is 23.6 Å². The topological polar surface area (TPSA) is 294 Å². The van der Waals surface area contributed by atoms with Gasteiger partial charge in [0.05, 0.1) is 10.5 Å². The Bertz CT molecular complexity index is 1470. The minimum Gasteiger partial charge on any atom is -0.447 e. The van der Waals surface area contributed by atoms with Gasteiger partial charge in [0.1, 0.15) is 25.1 Å². The number of urea groups is 2. The summed E-state index contributed by atoms with van der Waals surface area (Å²) in [6, 6.07) is -1.86. The number of thioether (sulfide) groups is 2. The Balaban J connectivity index is 0.00000902. The Morgan fingerprint density at radius 2 is 1.03 bits per heavy atom. The molecule has 6 N–H and O–H groups in total. The third kappa shape index (κ3) is 20.4. The third-order valence-electron chi connectivity index (χ3n) is 8.32. The van der Waals surface area contributed by atoms with Crippen molar-refractivity contribution in [2.45, 2.75) is 69.0 Å². The van der Waals surface area contributed by atoms with E-state index in [1.54, 1.807) is 26.4 Å². The Kier molecular flexibility index (Phi) is 29.4. The second-order valence-corrected chi connectivity index (χ2v) is 14.7. The van der Waals surface area contributed by atoms with Crippen LogP contribution in [0.2, 0.25) is 0 Å². The fourth-order valence-corrected chi connectivity index (χ4v) is 6.60. The maximum absolute atomic E-state index is 13.4. The van der Waals surface area contributed by atoms with Crippen LogP contribution in [0.4, 0.5) is 19.2 Å². The quantitative estimate of drug-likeness (QED) is 0.0444. The third-order valence-corrected chi connectivity index (χ3v) is 10.2. The smallest absolute Gasteiger partial charge is 0.407 e. The number of amides is 12. The molecule has 24 heteroatoms. The maximum atomic E-state index is 13.4. The van der Waals surface area contributed by atoms with Gasteiger partial charge in [-0.25, -0.2) is 19.2 Å². The van der Waals surface area contributed by atoms with Crippen LogP contribution in [0, 0.1) is 5.92 Å². The van der Waals surface area contributed by atoms with Gasteiger partial charge in [-0.3, -0.25) is 33.6 Å². The van der Waals surface area contributed by atoms with Crippen molar-refractivity contribution in [2.24, 2.45) is 5.92 Å². The number of carbonyl (C=O) groups excluding carboxylic acids is 11. The molecule has 0 radical (unpaired) electrons. The van der Waals surface area contributed by atoms with E-state index in [1.165, 1.54) is 0 Å². The molecule has 22 nitrogen and oxygen atoms in total. The van der Waals surface area contributed by atoms with E-state index in [1.807, 2.05) is 0 Å². The van der Waals surface area contributed by atoms with Gasteiger partial charge < -0.3 is 46.1 Å². The number of carbonyl (C=O) groups is 11. The van der Waals surface area contributed by atoms with Gasteiger partial charge in [0, 0.05) is 83.9 Å². The maximum Gasteiger partial charge on any atom is 0.407 e. The second-order valence-electron chi connectivity index (χ2n) is 12.6. The van der Waals surface area contributed by atoms with Crippen LogP contribution in [-0.4, -0.2) is 163 Å². The van der Waals surface area contributed by atoms with Gasteiger partial charge in [-0.2, -0.15) is 33.3 Å². The Morgan fingerprint density at radius 3 is 1.39 bits per heavy atom. The number of ketones is 1. The standard InChI is InChI=1S/C34H52N8O14S2.2C2H4/c1-5-35-33(52)55-18-21(19-56-34(53)36-6-2)54-13-7-8-22(43)20(14-25(44)37-9-11-39-31(50)41-27(46)16-23(57-3)29(41)48)15-26(45)38-10-12-40-32(51)42-28(47)17-24(58-4)30(42)49;2*1-2/h20-21,23-24H,5-19H2,1-4H3,(H,35,52)(H,36,53)(H,37,44)(H,38,45)(H,39,50)(H,40,51);2*1-2H2. The normalized spacial score (nSPS) is 15.9. The highest BCUT2D eigenvalue weighted by Gasteiger charge is 2.43. The highest BCUT2D eigenvalue weighted by atomic mass is 32.2. The Hall–Kier alpha value is -5.49. The molecule has 0 aromatic carbocycles. The van der Waals surface area contributed by atoms with Crippen molar-refractivity contribution in [3.63, 3.8) is 0 Å². The summed E-state index contributed by atoms with van der Waals surface area (Å²) in [4.78, 5) is 137. The first-order valence-electron chi connectivity index (χ1n) is 19.5. The molecule has 2 saturated heterocycles. The van der Waals surface area contributed by atoms with E-state index in [4.69, 9.17) is 14.2 Å². The predicted molar refractivity (Wildman–Crippen MR) is 230 cm³/mol. The predicted octanol–water partition coefficient (Wildman–Crippen LogP) is 0.847. The molecule has 2 aliphatic heterocycles. The molecule has 348 valence electrons. The zero-order chi connectivity index (χ0) is 47.2. The fraction of sp³-hybridized carbons (Fsp3) is 0.605. The first-order chi connectivity index (χ1) is 29.7. The van der Waals surface area contributed by atoms with Crippen molar-refractivity contribution < 1.29 is 67.0 Å². The fourth-order valence-electron chi connectivity index (χ4n) is 5.37. The van der Waals surface area contributed by atoms with Crippen molar-refractivity contribution >= 4 is 89.0 Å². The summed E-state index contributed by atoms with van der Waals surface area (Å²) in [5, 5.41) is 13.4. The van der Waals surface area contributed by atoms with E-state index in [2.05, 4.69) is 58.2 Å². The lowest BCUT2D eigenvalue weighted by atomic mass is 9.92. The molecule has 0 saturated carbocycles. The first kappa shape index (κ1) is 56.5. The molecule has 2 unspecified atom stereocenters. The molecular formula is C38H60N8O14S2. The van der Waals surface area contributed by atoms with Gasteiger partial charge in [0.15, 0.2) is 0 Å². The van der Waals surface area contributed by atoms with Crippen LogP contribution in [0.1, 0.15) is 52.4 Å². The van der Waals surface area contributed by atoms with Crippen LogP contribution in [0.15, 0.2) is 26.3 Å². The molecule has 2 atom stereocenters. The van der Waals surface area contributed by atoms with E-state index >= 15 is 0 Å². The molecule has 0 aromatic heterocycles. The summed E-state index contributed by atoms with van der Waals surface area (Å²) < 4.78 is 15.9. The largest absolute Gasteiger partial charge is 0.447 e. The second kappa shape index (κ2) is 32.3. The number of rotatable bonds is 24. The number of likely N-dealkylation sites (tertiary alicyclic amines) is 2. The highest BCUT2D eigenvalue weighted by molar-refractivity contribution is 8.00. The van der Waals surface area contributed by atoms with Gasteiger partial charge in [-0.05, 0) is 32.8 Å². The SMILES string of the molecule is C=C.C=C.CCNC(=O)OCC(COC(=O)NCC)OCCCC(=O)C(CC(=O)NCCNC(=O)N1C(=O)CC(SC)C1=O)CC(=O)NCCNC(=O)N1C(=O)CC(SC)C1=O. The van der Waals surface area contributed by atoms with Gasteiger partial charge in [-0.1, -0.05) is 0 Å². The first-order valence-corrected chi connectivity index (χ1v) is 22.1. The summed E-state index contributed by atoms with van der Waals surface area (Å²) in [7, 11) is 0. The van der Waals surface area contributed by atoms with Crippen molar-refractivity contribution in [3.8, 4) is 0 Å². The number of nitrogens with one attached hydrogen (secondary N) is 6. The summed E-state index contributed by atoms with van der Waals surface area (Å²) in [6.45, 7) is 14.8. The number of Topliss-reactive ketones (excluding diaryl/α,β-unsaturated/α-hetero) is 1. The van der Waals surface area contributed by atoms with Crippen molar-refractivity contribution in [3.05, 3.63) is 26.3 Å². The van der Waals surface area contributed by atoms with Gasteiger partial charge in [-0.15, -0.1) is 26.3 Å². The Morgan fingerprint density at radius 1 is 0.645 bits per heavy atom. The van der Waals surface area contributed by atoms with Crippen LogP contribution in [0.25, 0.3) is 0 Å². The zero-order valence-corrected chi connectivity index (χ0v) is 37.3.